The van der Waals surface area contributed by atoms with E-state index in [9.17, 15) is 0 Å². The third-order valence-electron chi connectivity index (χ3n) is 5.53. The molecule has 20 heavy (non-hydrogen) atoms. The number of hydrogen-bond donors (Lipinski definition) is 1. The first-order valence-corrected chi connectivity index (χ1v) is 9.40. The van der Waals surface area contributed by atoms with Crippen molar-refractivity contribution in [2.24, 2.45) is 5.41 Å². The van der Waals surface area contributed by atoms with Gasteiger partial charge in [0.05, 0.1) is 0 Å². The Labute approximate surface area is 128 Å². The predicted octanol–water partition coefficient (Wildman–Crippen LogP) is 6.08. The first kappa shape index (κ1) is 18.0. The maximum atomic E-state index is 3.63. The molecule has 1 atom stereocenters. The zero-order chi connectivity index (χ0) is 14.7. The molecule has 0 aliphatic heterocycles. The summed E-state index contributed by atoms with van der Waals surface area (Å²) in [6.07, 6.45) is 20.1. The van der Waals surface area contributed by atoms with E-state index < -0.39 is 0 Å². The average Bonchev–Trinajstić information content (AvgIpc) is 2.46. The van der Waals surface area contributed by atoms with Crippen molar-refractivity contribution < 1.29 is 0 Å². The van der Waals surface area contributed by atoms with Crippen LogP contribution in [0.2, 0.25) is 0 Å². The van der Waals surface area contributed by atoms with E-state index in [4.69, 9.17) is 0 Å². The zero-order valence-corrected chi connectivity index (χ0v) is 14.5. The summed E-state index contributed by atoms with van der Waals surface area (Å²) in [4.78, 5) is 0. The van der Waals surface area contributed by atoms with E-state index in [2.05, 4.69) is 26.2 Å². The maximum Gasteiger partial charge on any atom is 0.0118 e. The normalized spacial score (nSPS) is 19.9. The predicted molar refractivity (Wildman–Crippen MR) is 91.3 cm³/mol. The van der Waals surface area contributed by atoms with Crippen molar-refractivity contribution in [2.45, 2.75) is 110 Å². The van der Waals surface area contributed by atoms with Crippen LogP contribution in [0.15, 0.2) is 0 Å². The largest absolute Gasteiger partial charge is 0.316 e. The second-order valence-electron chi connectivity index (χ2n) is 7.32. The highest BCUT2D eigenvalue weighted by Crippen LogP contribution is 2.40. The van der Waals surface area contributed by atoms with Gasteiger partial charge >= 0.3 is 0 Å². The summed E-state index contributed by atoms with van der Waals surface area (Å²) in [5, 5.41) is 3.63. The van der Waals surface area contributed by atoms with Crippen molar-refractivity contribution in [3.8, 4) is 0 Å². The van der Waals surface area contributed by atoms with Gasteiger partial charge in [0.1, 0.15) is 0 Å². The van der Waals surface area contributed by atoms with Crippen molar-refractivity contribution in [2.75, 3.05) is 7.05 Å². The molecule has 1 fully saturated rings. The van der Waals surface area contributed by atoms with E-state index in [0.717, 1.165) is 6.04 Å². The average molecular weight is 282 g/mol. The Morgan fingerprint density at radius 2 is 1.40 bits per heavy atom. The van der Waals surface area contributed by atoms with Gasteiger partial charge in [-0.2, -0.15) is 0 Å². The summed E-state index contributed by atoms with van der Waals surface area (Å²) < 4.78 is 0. The van der Waals surface area contributed by atoms with E-state index in [1.54, 1.807) is 0 Å². The molecule has 0 aromatic heterocycles. The number of unbranched alkanes of at least 4 members (excludes halogenated alkanes) is 7. The smallest absolute Gasteiger partial charge is 0.0118 e. The SMILES string of the molecule is CCCCCCCCCCC(NC)C1(C)CCCCC1. The lowest BCUT2D eigenvalue weighted by atomic mass is 9.69. The second kappa shape index (κ2) is 10.7. The highest BCUT2D eigenvalue weighted by molar-refractivity contribution is 4.89. The van der Waals surface area contributed by atoms with Crippen LogP contribution in [0.5, 0.6) is 0 Å². The Hall–Kier alpha value is -0.0400. The molecule has 1 aliphatic rings. The molecule has 1 aliphatic carbocycles. The van der Waals surface area contributed by atoms with E-state index in [-0.39, 0.29) is 0 Å². The fourth-order valence-electron chi connectivity index (χ4n) is 4.03. The standard InChI is InChI=1S/C19H39N/c1-4-5-6-7-8-9-10-12-15-18(20-3)19(2)16-13-11-14-17-19/h18,20H,4-17H2,1-3H3. The van der Waals surface area contributed by atoms with Crippen LogP contribution in [-0.2, 0) is 0 Å². The van der Waals surface area contributed by atoms with E-state index in [1.165, 1.54) is 89.9 Å². The molecular formula is C19H39N. The molecule has 1 saturated carbocycles. The number of hydrogen-bond acceptors (Lipinski definition) is 1. The molecule has 1 nitrogen and oxygen atoms in total. The topological polar surface area (TPSA) is 12.0 Å². The quantitative estimate of drug-likeness (QED) is 0.453. The summed E-state index contributed by atoms with van der Waals surface area (Å²) in [6, 6.07) is 0.753. The van der Waals surface area contributed by atoms with Crippen molar-refractivity contribution in [1.82, 2.24) is 5.32 Å². The van der Waals surface area contributed by atoms with Crippen LogP contribution in [0.1, 0.15) is 104 Å². The van der Waals surface area contributed by atoms with Gasteiger partial charge in [0.25, 0.3) is 0 Å². The molecule has 1 heteroatoms. The minimum Gasteiger partial charge on any atom is -0.316 e. The van der Waals surface area contributed by atoms with E-state index in [1.807, 2.05) is 0 Å². The van der Waals surface area contributed by atoms with Gasteiger partial charge in [-0.05, 0) is 31.7 Å². The second-order valence-corrected chi connectivity index (χ2v) is 7.32. The molecule has 0 heterocycles. The summed E-state index contributed by atoms with van der Waals surface area (Å²) >= 11 is 0. The van der Waals surface area contributed by atoms with Crippen LogP contribution in [-0.4, -0.2) is 13.1 Å². The fraction of sp³-hybridized carbons (Fsp3) is 1.00. The molecule has 0 bridgehead atoms. The highest BCUT2D eigenvalue weighted by Gasteiger charge is 2.33. The Balaban J connectivity index is 2.09. The van der Waals surface area contributed by atoms with Crippen LogP contribution >= 0.6 is 0 Å². The fourth-order valence-corrected chi connectivity index (χ4v) is 4.03. The van der Waals surface area contributed by atoms with Crippen molar-refractivity contribution in [1.29, 1.82) is 0 Å². The monoisotopic (exact) mass is 281 g/mol. The van der Waals surface area contributed by atoms with Crippen LogP contribution in [0.4, 0.5) is 0 Å². The molecule has 0 aromatic carbocycles. The first-order chi connectivity index (χ1) is 9.73. The Morgan fingerprint density at radius 3 is 1.95 bits per heavy atom. The van der Waals surface area contributed by atoms with E-state index >= 15 is 0 Å². The minimum absolute atomic E-state index is 0.578. The molecule has 1 rings (SSSR count). The van der Waals surface area contributed by atoms with Gasteiger partial charge in [-0.1, -0.05) is 84.5 Å². The van der Waals surface area contributed by atoms with Gasteiger partial charge in [-0.25, -0.2) is 0 Å². The van der Waals surface area contributed by atoms with Gasteiger partial charge in [-0.15, -0.1) is 0 Å². The number of rotatable bonds is 11. The summed E-state index contributed by atoms with van der Waals surface area (Å²) in [5.41, 5.74) is 0.578. The summed E-state index contributed by atoms with van der Waals surface area (Å²) in [5.74, 6) is 0. The molecule has 0 spiro atoms. The van der Waals surface area contributed by atoms with Crippen LogP contribution in [0.3, 0.4) is 0 Å². The van der Waals surface area contributed by atoms with Gasteiger partial charge in [-0.3, -0.25) is 0 Å². The van der Waals surface area contributed by atoms with Gasteiger partial charge in [0, 0.05) is 6.04 Å². The molecule has 0 aromatic rings. The van der Waals surface area contributed by atoms with Crippen molar-refractivity contribution in [3.05, 3.63) is 0 Å². The van der Waals surface area contributed by atoms with Gasteiger partial charge in [0.15, 0.2) is 0 Å². The van der Waals surface area contributed by atoms with E-state index in [0.29, 0.717) is 5.41 Å². The Bertz CT molecular complexity index is 218. The van der Waals surface area contributed by atoms with Crippen LogP contribution < -0.4 is 5.32 Å². The lowest BCUT2D eigenvalue weighted by Crippen LogP contribution is -2.43. The molecule has 1 unspecified atom stereocenters. The molecule has 1 N–H and O–H groups in total. The Kier molecular flexibility index (Phi) is 9.59. The highest BCUT2D eigenvalue weighted by atomic mass is 14.9. The molecular weight excluding hydrogens is 242 g/mol. The van der Waals surface area contributed by atoms with Gasteiger partial charge in [0.2, 0.25) is 0 Å². The van der Waals surface area contributed by atoms with Crippen LogP contribution in [0.25, 0.3) is 0 Å². The molecule has 0 amide bonds. The number of nitrogens with one attached hydrogen (secondary N) is 1. The molecule has 0 radical (unpaired) electrons. The van der Waals surface area contributed by atoms with Crippen LogP contribution in [0, 0.1) is 5.41 Å². The lowest BCUT2D eigenvalue weighted by molar-refractivity contribution is 0.141. The molecule has 120 valence electrons. The lowest BCUT2D eigenvalue weighted by Gasteiger charge is -2.41. The first-order valence-electron chi connectivity index (χ1n) is 9.40. The van der Waals surface area contributed by atoms with Crippen molar-refractivity contribution >= 4 is 0 Å². The zero-order valence-electron chi connectivity index (χ0n) is 14.5. The third kappa shape index (κ3) is 6.61. The summed E-state index contributed by atoms with van der Waals surface area (Å²) in [6.45, 7) is 4.82. The van der Waals surface area contributed by atoms with Gasteiger partial charge < -0.3 is 5.32 Å². The Morgan fingerprint density at radius 1 is 0.850 bits per heavy atom. The molecule has 0 saturated heterocycles. The summed E-state index contributed by atoms with van der Waals surface area (Å²) in [7, 11) is 2.18. The minimum atomic E-state index is 0.578. The van der Waals surface area contributed by atoms with Crippen molar-refractivity contribution in [3.63, 3.8) is 0 Å². The maximum absolute atomic E-state index is 3.63. The third-order valence-corrected chi connectivity index (χ3v) is 5.53.